The summed E-state index contributed by atoms with van der Waals surface area (Å²) in [5, 5.41) is 11.7. The highest BCUT2D eigenvalue weighted by Crippen LogP contribution is 2.28. The van der Waals surface area contributed by atoms with E-state index in [1.165, 1.54) is 12.1 Å². The number of benzene rings is 2. The minimum absolute atomic E-state index is 0.0866. The molecule has 0 aliphatic heterocycles. The summed E-state index contributed by atoms with van der Waals surface area (Å²) in [6.45, 7) is 0. The highest BCUT2D eigenvalue weighted by molar-refractivity contribution is 6.32. The van der Waals surface area contributed by atoms with Gasteiger partial charge in [-0.15, -0.1) is 0 Å². The third-order valence-electron chi connectivity index (χ3n) is 3.36. The molecule has 0 saturated heterocycles. The van der Waals surface area contributed by atoms with Crippen molar-refractivity contribution < 1.29 is 4.92 Å². The van der Waals surface area contributed by atoms with Crippen LogP contribution in [0.3, 0.4) is 0 Å². The first kappa shape index (κ1) is 16.2. The predicted octanol–water partition coefficient (Wildman–Crippen LogP) is 5.44. The van der Waals surface area contributed by atoms with Crippen LogP contribution in [0.15, 0.2) is 65.8 Å². The lowest BCUT2D eigenvalue weighted by atomic mass is 10.3. The van der Waals surface area contributed by atoms with Crippen LogP contribution in [0.5, 0.6) is 0 Å². The van der Waals surface area contributed by atoms with Gasteiger partial charge in [-0.1, -0.05) is 23.2 Å². The van der Waals surface area contributed by atoms with Gasteiger partial charge in [0, 0.05) is 23.0 Å². The van der Waals surface area contributed by atoms with Gasteiger partial charge >= 0.3 is 0 Å². The molecule has 7 heteroatoms. The van der Waals surface area contributed by atoms with Gasteiger partial charge in [-0.2, -0.15) is 0 Å². The molecule has 1 heterocycles. The van der Waals surface area contributed by atoms with E-state index in [0.717, 1.165) is 11.4 Å². The zero-order valence-electron chi connectivity index (χ0n) is 12.3. The molecule has 2 aromatic carbocycles. The average Bonchev–Trinajstić information content (AvgIpc) is 3.03. The SMILES string of the molecule is O=[N+]([O-])c1cc(N=Cc2cccn2-c2ccc(Cl)cc2)ccc1Cl. The molecular weight excluding hydrogens is 349 g/mol. The molecule has 0 saturated carbocycles. The maximum Gasteiger partial charge on any atom is 0.290 e. The highest BCUT2D eigenvalue weighted by Gasteiger charge is 2.12. The number of rotatable bonds is 4. The summed E-state index contributed by atoms with van der Waals surface area (Å²) >= 11 is 11.7. The van der Waals surface area contributed by atoms with Crippen LogP contribution in [0, 0.1) is 10.1 Å². The Morgan fingerprint density at radius 1 is 1.08 bits per heavy atom. The molecule has 3 aromatic rings. The Kier molecular flexibility index (Phi) is 4.64. The Morgan fingerprint density at radius 3 is 2.54 bits per heavy atom. The molecule has 0 N–H and O–H groups in total. The van der Waals surface area contributed by atoms with Crippen molar-refractivity contribution in [3.63, 3.8) is 0 Å². The van der Waals surface area contributed by atoms with Gasteiger partial charge in [-0.05, 0) is 48.5 Å². The van der Waals surface area contributed by atoms with E-state index < -0.39 is 4.92 Å². The van der Waals surface area contributed by atoms with Crippen molar-refractivity contribution in [2.75, 3.05) is 0 Å². The second-order valence-corrected chi connectivity index (χ2v) is 5.77. The van der Waals surface area contributed by atoms with Crippen LogP contribution in [-0.4, -0.2) is 15.7 Å². The first-order valence-electron chi connectivity index (χ1n) is 6.96. The van der Waals surface area contributed by atoms with Gasteiger partial charge in [-0.25, -0.2) is 0 Å². The quantitative estimate of drug-likeness (QED) is 0.353. The molecule has 1 aromatic heterocycles. The molecule has 0 bridgehead atoms. The maximum absolute atomic E-state index is 10.9. The zero-order chi connectivity index (χ0) is 17.1. The van der Waals surface area contributed by atoms with E-state index in [9.17, 15) is 10.1 Å². The molecule has 5 nitrogen and oxygen atoms in total. The fourth-order valence-corrected chi connectivity index (χ4v) is 2.51. The second kappa shape index (κ2) is 6.86. The van der Waals surface area contributed by atoms with Gasteiger partial charge in [0.25, 0.3) is 5.69 Å². The molecule has 0 spiro atoms. The maximum atomic E-state index is 10.9. The van der Waals surface area contributed by atoms with Crippen molar-refractivity contribution in [1.29, 1.82) is 0 Å². The van der Waals surface area contributed by atoms with Gasteiger partial charge in [0.2, 0.25) is 0 Å². The smallest absolute Gasteiger partial charge is 0.290 e. The average molecular weight is 360 g/mol. The molecule has 0 radical (unpaired) electrons. The number of hydrogen-bond donors (Lipinski definition) is 0. The Bertz CT molecular complexity index is 918. The number of nitrogens with zero attached hydrogens (tertiary/aromatic N) is 3. The van der Waals surface area contributed by atoms with Crippen LogP contribution in [0.2, 0.25) is 10.0 Å². The van der Waals surface area contributed by atoms with E-state index >= 15 is 0 Å². The van der Waals surface area contributed by atoms with E-state index in [2.05, 4.69) is 4.99 Å². The predicted molar refractivity (Wildman–Crippen MR) is 96.1 cm³/mol. The van der Waals surface area contributed by atoms with Gasteiger partial charge in [0.05, 0.1) is 22.5 Å². The highest BCUT2D eigenvalue weighted by atomic mass is 35.5. The molecule has 0 fully saturated rings. The summed E-state index contributed by atoms with van der Waals surface area (Å²) in [7, 11) is 0. The van der Waals surface area contributed by atoms with Gasteiger partial charge in [0.15, 0.2) is 0 Å². The molecular formula is C17H11Cl2N3O2. The monoisotopic (exact) mass is 359 g/mol. The van der Waals surface area contributed by atoms with Crippen LogP contribution in [0.1, 0.15) is 5.69 Å². The summed E-state index contributed by atoms with van der Waals surface area (Å²) in [6.07, 6.45) is 3.54. The number of hydrogen-bond acceptors (Lipinski definition) is 3. The number of aliphatic imine (C=N–C) groups is 1. The minimum atomic E-state index is -0.530. The van der Waals surface area contributed by atoms with E-state index in [1.54, 1.807) is 24.4 Å². The largest absolute Gasteiger partial charge is 0.316 e. The van der Waals surface area contributed by atoms with Crippen molar-refractivity contribution in [2.45, 2.75) is 0 Å². The second-order valence-electron chi connectivity index (χ2n) is 4.93. The summed E-state index contributed by atoms with van der Waals surface area (Å²) < 4.78 is 1.93. The molecule has 24 heavy (non-hydrogen) atoms. The lowest BCUT2D eigenvalue weighted by molar-refractivity contribution is -0.384. The number of nitro benzene ring substituents is 1. The molecule has 120 valence electrons. The van der Waals surface area contributed by atoms with E-state index in [0.29, 0.717) is 10.7 Å². The fraction of sp³-hybridized carbons (Fsp3) is 0. The van der Waals surface area contributed by atoms with Gasteiger partial charge in [-0.3, -0.25) is 15.1 Å². The summed E-state index contributed by atoms with van der Waals surface area (Å²) in [4.78, 5) is 14.7. The molecule has 0 aliphatic rings. The lowest BCUT2D eigenvalue weighted by Crippen LogP contribution is -1.97. The van der Waals surface area contributed by atoms with Crippen LogP contribution >= 0.6 is 23.2 Å². The summed E-state index contributed by atoms with van der Waals surface area (Å²) in [6, 6.07) is 15.6. The lowest BCUT2D eigenvalue weighted by Gasteiger charge is -2.06. The molecule has 0 aliphatic carbocycles. The third kappa shape index (κ3) is 3.48. The van der Waals surface area contributed by atoms with Crippen molar-refractivity contribution in [1.82, 2.24) is 4.57 Å². The Labute approximate surface area is 147 Å². The van der Waals surface area contributed by atoms with Crippen molar-refractivity contribution in [3.05, 3.63) is 86.6 Å². The fourth-order valence-electron chi connectivity index (χ4n) is 2.20. The topological polar surface area (TPSA) is 60.4 Å². The zero-order valence-corrected chi connectivity index (χ0v) is 13.8. The van der Waals surface area contributed by atoms with Crippen molar-refractivity contribution in [2.24, 2.45) is 4.99 Å². The molecule has 3 rings (SSSR count). The standard InChI is InChI=1S/C17H11Cl2N3O2/c18-12-3-6-14(7-4-12)21-9-1-2-15(21)11-20-13-5-8-16(19)17(10-13)22(23)24/h1-11H. The number of halogens is 2. The minimum Gasteiger partial charge on any atom is -0.316 e. The van der Waals surface area contributed by atoms with Gasteiger partial charge < -0.3 is 4.57 Å². The normalized spacial score (nSPS) is 11.1. The first-order valence-corrected chi connectivity index (χ1v) is 7.71. The van der Waals surface area contributed by atoms with Crippen LogP contribution in [0.25, 0.3) is 5.69 Å². The number of aromatic nitrogens is 1. The summed E-state index contributed by atoms with van der Waals surface area (Å²) in [5.41, 5.74) is 2.05. The number of nitro groups is 1. The molecule has 0 unspecified atom stereocenters. The Morgan fingerprint density at radius 2 is 1.83 bits per heavy atom. The van der Waals surface area contributed by atoms with E-state index in [4.69, 9.17) is 23.2 Å². The van der Waals surface area contributed by atoms with Crippen LogP contribution in [-0.2, 0) is 0 Å². The Hall–Kier alpha value is -2.63. The molecule has 0 atom stereocenters. The van der Waals surface area contributed by atoms with Crippen LogP contribution in [0.4, 0.5) is 11.4 Å². The Balaban J connectivity index is 1.91. The third-order valence-corrected chi connectivity index (χ3v) is 3.93. The van der Waals surface area contributed by atoms with Crippen molar-refractivity contribution >= 4 is 40.8 Å². The van der Waals surface area contributed by atoms with Gasteiger partial charge in [0.1, 0.15) is 5.02 Å². The van der Waals surface area contributed by atoms with Crippen molar-refractivity contribution in [3.8, 4) is 5.69 Å². The summed E-state index contributed by atoms with van der Waals surface area (Å²) in [5.74, 6) is 0. The molecule has 0 amide bonds. The first-order chi connectivity index (χ1) is 11.5. The van der Waals surface area contributed by atoms with Crippen LogP contribution < -0.4 is 0 Å². The van der Waals surface area contributed by atoms with E-state index in [-0.39, 0.29) is 10.7 Å². The van der Waals surface area contributed by atoms with E-state index in [1.807, 2.05) is 35.0 Å².